The predicted octanol–water partition coefficient (Wildman–Crippen LogP) is 3.46. The molecule has 1 heterocycles. The maximum atomic E-state index is 7.88. The van der Waals surface area contributed by atoms with Crippen molar-refractivity contribution in [2.75, 3.05) is 0 Å². The van der Waals surface area contributed by atoms with Crippen LogP contribution in [0.15, 0.2) is 29.3 Å². The van der Waals surface area contributed by atoms with E-state index in [1.807, 2.05) is 32.0 Å². The molecule has 0 unspecified atom stereocenters. The quantitative estimate of drug-likeness (QED) is 0.747. The van der Waals surface area contributed by atoms with E-state index in [0.717, 1.165) is 22.3 Å². The molecule has 2 N–H and O–H groups in total. The molecule has 18 heavy (non-hydrogen) atoms. The summed E-state index contributed by atoms with van der Waals surface area (Å²) in [5.74, 6) is 0.0279. The third kappa shape index (κ3) is 2.96. The molecule has 0 bridgehead atoms. The zero-order chi connectivity index (χ0) is 13.7. The second-order valence-electron chi connectivity index (χ2n) is 3.85. The Morgan fingerprint density at radius 3 is 2.22 bits per heavy atom. The van der Waals surface area contributed by atoms with E-state index in [1.54, 1.807) is 12.3 Å². The number of aliphatic imine (C=N–C) groups is 1. The van der Waals surface area contributed by atoms with E-state index in [-0.39, 0.29) is 11.5 Å². The summed E-state index contributed by atoms with van der Waals surface area (Å²) >= 11 is 2.72. The number of allylic oxidation sites excluding steroid dienone is 1. The predicted molar refractivity (Wildman–Crippen MR) is 73.7 cm³/mol. The Hall–Kier alpha value is -1.22. The van der Waals surface area contributed by atoms with Gasteiger partial charge in [0.05, 0.1) is 0 Å². The number of benzene rings is 1. The van der Waals surface area contributed by atoms with Crippen molar-refractivity contribution in [3.8, 4) is 0 Å². The van der Waals surface area contributed by atoms with Gasteiger partial charge in [-0.2, -0.15) is 0 Å². The van der Waals surface area contributed by atoms with Gasteiger partial charge in [-0.25, -0.2) is 4.99 Å². The molecule has 1 aromatic rings. The zero-order valence-electron chi connectivity index (χ0n) is 10.1. The molecule has 0 radical (unpaired) electrons. The van der Waals surface area contributed by atoms with Crippen LogP contribution in [0.2, 0.25) is 0 Å². The van der Waals surface area contributed by atoms with Gasteiger partial charge in [0, 0.05) is 11.8 Å². The van der Waals surface area contributed by atoms with Crippen LogP contribution in [0.3, 0.4) is 0 Å². The number of nitrogens with zero attached hydrogens (tertiary/aromatic N) is 1. The van der Waals surface area contributed by atoms with Crippen LogP contribution in [0, 0.1) is 24.7 Å². The molecule has 3 nitrogen and oxygen atoms in total. The molecule has 1 aliphatic heterocycles. The van der Waals surface area contributed by atoms with E-state index in [0.29, 0.717) is 0 Å². The number of aryl methyl sites for hydroxylation is 2. The van der Waals surface area contributed by atoms with Gasteiger partial charge in [0.2, 0.25) is 0 Å². The van der Waals surface area contributed by atoms with Crippen molar-refractivity contribution in [2.45, 2.75) is 13.8 Å². The number of hydrogen-bond acceptors (Lipinski definition) is 2. The molecular weight excluding hydrogens is 289 g/mol. The third-order valence-corrected chi connectivity index (χ3v) is 2.70. The Bertz CT molecular complexity index is 527. The monoisotopic (exact) mass is 302 g/mol. The summed E-state index contributed by atoms with van der Waals surface area (Å²) in [4.78, 5) is 3.80. The minimum absolute atomic E-state index is 0.0279. The van der Waals surface area contributed by atoms with Crippen molar-refractivity contribution in [1.29, 1.82) is 10.8 Å². The minimum atomic E-state index is 0.0279. The normalized spacial score (nSPS) is 13.9. The van der Waals surface area contributed by atoms with Gasteiger partial charge in [0.15, 0.2) is 5.84 Å². The Balaban J connectivity index is 0.000000771. The first-order valence-corrected chi connectivity index (χ1v) is 6.75. The second kappa shape index (κ2) is 6.64. The molecule has 1 aromatic carbocycles. The van der Waals surface area contributed by atoms with Crippen LogP contribution >= 0.6 is 10.1 Å². The van der Waals surface area contributed by atoms with Gasteiger partial charge in [0.1, 0.15) is 5.71 Å². The van der Waals surface area contributed by atoms with Gasteiger partial charge in [0.25, 0.3) is 0 Å². The van der Waals surface area contributed by atoms with Crippen molar-refractivity contribution < 1.29 is 15.1 Å². The topological polar surface area (TPSA) is 60.1 Å². The molecule has 0 amide bonds. The first-order valence-electron chi connectivity index (χ1n) is 5.23. The Morgan fingerprint density at radius 2 is 1.67 bits per heavy atom. The number of hydrogen-bond donors (Lipinski definition) is 2. The molecule has 0 saturated carbocycles. The van der Waals surface area contributed by atoms with E-state index in [1.165, 1.54) is 0 Å². The summed E-state index contributed by atoms with van der Waals surface area (Å²) < 4.78 is 0. The van der Waals surface area contributed by atoms with Gasteiger partial charge < -0.3 is 0 Å². The van der Waals surface area contributed by atoms with E-state index in [4.69, 9.17) is 10.8 Å². The van der Waals surface area contributed by atoms with Crippen LogP contribution in [0.5, 0.6) is 0 Å². The molecule has 95 valence electrons. The van der Waals surface area contributed by atoms with Gasteiger partial charge in [-0.1, -0.05) is 18.2 Å². The van der Waals surface area contributed by atoms with Crippen LogP contribution in [-0.4, -0.2) is 17.8 Å². The molecule has 0 aromatic heterocycles. The van der Waals surface area contributed by atoms with Gasteiger partial charge >= 0.3 is 25.2 Å². The van der Waals surface area contributed by atoms with Gasteiger partial charge in [-0.05, 0) is 36.6 Å². The molecule has 0 saturated heterocycles. The maximum absolute atomic E-state index is 7.88. The van der Waals surface area contributed by atoms with Crippen molar-refractivity contribution in [2.24, 2.45) is 4.99 Å². The molecule has 0 atom stereocenters. The fourth-order valence-electron chi connectivity index (χ4n) is 1.91. The van der Waals surface area contributed by atoms with Crippen LogP contribution in [0.4, 0.5) is 0 Å². The van der Waals surface area contributed by atoms with Crippen molar-refractivity contribution >= 4 is 33.4 Å². The molecule has 0 spiro atoms. The fourth-order valence-corrected chi connectivity index (χ4v) is 1.91. The van der Waals surface area contributed by atoms with Crippen molar-refractivity contribution in [3.63, 3.8) is 0 Å². The Morgan fingerprint density at radius 1 is 1.11 bits per heavy atom. The van der Waals surface area contributed by atoms with Crippen LogP contribution in [0.25, 0.3) is 5.57 Å². The third-order valence-electron chi connectivity index (χ3n) is 2.70. The van der Waals surface area contributed by atoms with E-state index in [9.17, 15) is 0 Å². The van der Waals surface area contributed by atoms with E-state index < -0.39 is 0 Å². The summed E-state index contributed by atoms with van der Waals surface area (Å²) in [6.07, 6.45) is 3.39. The van der Waals surface area contributed by atoms with Crippen LogP contribution in [-0.2, 0) is 15.1 Å². The van der Waals surface area contributed by atoms with Crippen LogP contribution in [0.1, 0.15) is 16.7 Å². The molecule has 2 rings (SSSR count). The first kappa shape index (κ1) is 14.8. The molecular formula is C13H13ClFeN3. The molecule has 0 fully saturated rings. The van der Waals surface area contributed by atoms with Gasteiger partial charge in [-0.3, -0.25) is 10.8 Å². The Labute approximate surface area is 119 Å². The summed E-state index contributed by atoms with van der Waals surface area (Å²) in [5.41, 5.74) is 4.28. The van der Waals surface area contributed by atoms with Crippen LogP contribution < -0.4 is 0 Å². The standard InChI is InChI=1S/C13H13N3.ClH.Fe/c1-8-4-3-5-9(2)11(8)10-6-7-16-13(15)12(10)14;;/h3-7,14-15H,1-2H3;1H;/q;;+1/p-1. The SMILES string of the molecule is Cc1cccc(C)c1C1=CC=NC(=N)C1=N.[Cl][Fe]. The first-order chi connectivity index (χ1) is 8.61. The number of dihydropyridines is 1. The summed E-state index contributed by atoms with van der Waals surface area (Å²) in [6.45, 7) is 4.04. The second-order valence-corrected chi connectivity index (χ2v) is 3.85. The summed E-state index contributed by atoms with van der Waals surface area (Å²) in [7, 11) is 4.39. The number of amidine groups is 1. The average Bonchev–Trinajstić information content (AvgIpc) is 2.37. The number of halogens is 1. The zero-order valence-corrected chi connectivity index (χ0v) is 11.9. The van der Waals surface area contributed by atoms with E-state index in [2.05, 4.69) is 30.2 Å². The number of nitrogens with one attached hydrogen (secondary N) is 2. The van der Waals surface area contributed by atoms with E-state index >= 15 is 0 Å². The Kier molecular flexibility index (Phi) is 5.48. The molecule has 1 aliphatic rings. The van der Waals surface area contributed by atoms with Crippen molar-refractivity contribution in [3.05, 3.63) is 41.0 Å². The molecule has 0 aliphatic carbocycles. The van der Waals surface area contributed by atoms with Gasteiger partial charge in [-0.15, -0.1) is 0 Å². The number of rotatable bonds is 1. The average molecular weight is 303 g/mol. The summed E-state index contributed by atoms with van der Waals surface area (Å²) in [5, 5.41) is 15.4. The fraction of sp³-hybridized carbons (Fsp3) is 0.154. The van der Waals surface area contributed by atoms with Crippen molar-refractivity contribution in [1.82, 2.24) is 0 Å². The summed E-state index contributed by atoms with van der Waals surface area (Å²) in [6, 6.07) is 6.04. The molecule has 5 heteroatoms.